The van der Waals surface area contributed by atoms with Gasteiger partial charge >= 0.3 is 0 Å². The summed E-state index contributed by atoms with van der Waals surface area (Å²) >= 11 is 0. The van der Waals surface area contributed by atoms with Gasteiger partial charge in [-0.1, -0.05) is 26.8 Å². The number of carbonyl (C=O) groups excluding carboxylic acids is 1. The van der Waals surface area contributed by atoms with E-state index in [0.29, 0.717) is 19.0 Å². The molecule has 0 fully saturated rings. The SMILES string of the molecule is CCNCc1ccc(OCC(=O)NCCC(C)C)c(F)c1. The molecule has 0 radical (unpaired) electrons. The molecule has 21 heavy (non-hydrogen) atoms. The fourth-order valence-electron chi connectivity index (χ4n) is 1.74. The van der Waals surface area contributed by atoms with Gasteiger partial charge in [-0.2, -0.15) is 0 Å². The molecule has 5 heteroatoms. The number of hydrogen-bond acceptors (Lipinski definition) is 3. The average Bonchev–Trinajstić information content (AvgIpc) is 2.43. The maximum Gasteiger partial charge on any atom is 0.257 e. The van der Waals surface area contributed by atoms with E-state index in [1.807, 2.05) is 6.92 Å². The smallest absolute Gasteiger partial charge is 0.257 e. The number of nitrogens with one attached hydrogen (secondary N) is 2. The molecule has 1 aromatic carbocycles. The summed E-state index contributed by atoms with van der Waals surface area (Å²) in [7, 11) is 0. The number of ether oxygens (including phenoxy) is 1. The normalized spacial score (nSPS) is 10.7. The molecule has 2 N–H and O–H groups in total. The number of benzene rings is 1. The van der Waals surface area contributed by atoms with Crippen LogP contribution < -0.4 is 15.4 Å². The summed E-state index contributed by atoms with van der Waals surface area (Å²) in [5.74, 6) is -0.0330. The van der Waals surface area contributed by atoms with Crippen LogP contribution >= 0.6 is 0 Å². The lowest BCUT2D eigenvalue weighted by Gasteiger charge is -2.10. The lowest BCUT2D eigenvalue weighted by molar-refractivity contribution is -0.123. The lowest BCUT2D eigenvalue weighted by Crippen LogP contribution is -2.30. The second-order valence-corrected chi connectivity index (χ2v) is 5.37. The first-order chi connectivity index (χ1) is 10.0. The summed E-state index contributed by atoms with van der Waals surface area (Å²) < 4.78 is 19.0. The first-order valence-corrected chi connectivity index (χ1v) is 7.41. The van der Waals surface area contributed by atoms with Gasteiger partial charge in [-0.3, -0.25) is 4.79 Å². The maximum absolute atomic E-state index is 13.8. The summed E-state index contributed by atoms with van der Waals surface area (Å²) in [4.78, 5) is 11.5. The van der Waals surface area contributed by atoms with Gasteiger partial charge in [0.05, 0.1) is 0 Å². The van der Waals surface area contributed by atoms with Gasteiger partial charge in [0.2, 0.25) is 0 Å². The summed E-state index contributed by atoms with van der Waals surface area (Å²) in [6, 6.07) is 4.77. The van der Waals surface area contributed by atoms with Crippen molar-refractivity contribution in [3.05, 3.63) is 29.6 Å². The lowest BCUT2D eigenvalue weighted by atomic mass is 10.1. The van der Waals surface area contributed by atoms with Crippen molar-refractivity contribution in [3.63, 3.8) is 0 Å². The van der Waals surface area contributed by atoms with Gasteiger partial charge in [-0.25, -0.2) is 4.39 Å². The minimum atomic E-state index is -0.444. The molecular formula is C16H25FN2O2. The quantitative estimate of drug-likeness (QED) is 0.736. The van der Waals surface area contributed by atoms with E-state index >= 15 is 0 Å². The van der Waals surface area contributed by atoms with E-state index in [1.165, 1.54) is 6.07 Å². The topological polar surface area (TPSA) is 50.4 Å². The van der Waals surface area contributed by atoms with Gasteiger partial charge in [0.25, 0.3) is 5.91 Å². The van der Waals surface area contributed by atoms with Gasteiger partial charge in [0, 0.05) is 13.1 Å². The van der Waals surface area contributed by atoms with Crippen LogP contribution in [-0.4, -0.2) is 25.6 Å². The minimum absolute atomic E-state index is 0.106. The zero-order valence-corrected chi connectivity index (χ0v) is 13.0. The van der Waals surface area contributed by atoms with E-state index < -0.39 is 5.82 Å². The number of carbonyl (C=O) groups is 1. The predicted octanol–water partition coefficient (Wildman–Crippen LogP) is 2.48. The Morgan fingerprint density at radius 3 is 2.76 bits per heavy atom. The molecule has 0 aliphatic rings. The summed E-state index contributed by atoms with van der Waals surface area (Å²) in [5, 5.41) is 5.87. The molecule has 1 rings (SSSR count). The Balaban J connectivity index is 2.39. The fourth-order valence-corrected chi connectivity index (χ4v) is 1.74. The molecule has 0 saturated heterocycles. The number of hydrogen-bond donors (Lipinski definition) is 2. The Kier molecular flexibility index (Phi) is 7.75. The summed E-state index contributed by atoms with van der Waals surface area (Å²) in [6.45, 7) is 8.07. The molecular weight excluding hydrogens is 271 g/mol. The summed E-state index contributed by atoms with van der Waals surface area (Å²) in [6.07, 6.45) is 0.916. The van der Waals surface area contributed by atoms with Crippen LogP contribution in [0.2, 0.25) is 0 Å². The van der Waals surface area contributed by atoms with Crippen molar-refractivity contribution in [2.75, 3.05) is 19.7 Å². The number of amides is 1. The van der Waals surface area contributed by atoms with Gasteiger partial charge < -0.3 is 15.4 Å². The van der Waals surface area contributed by atoms with Crippen molar-refractivity contribution in [2.24, 2.45) is 5.92 Å². The third-order valence-electron chi connectivity index (χ3n) is 2.98. The van der Waals surface area contributed by atoms with Crippen molar-refractivity contribution in [1.29, 1.82) is 0 Å². The highest BCUT2D eigenvalue weighted by molar-refractivity contribution is 5.77. The fraction of sp³-hybridized carbons (Fsp3) is 0.562. The van der Waals surface area contributed by atoms with Crippen LogP contribution in [0, 0.1) is 11.7 Å². The highest BCUT2D eigenvalue weighted by Gasteiger charge is 2.08. The molecule has 0 aliphatic heterocycles. The molecule has 118 valence electrons. The molecule has 1 aromatic rings. The van der Waals surface area contributed by atoms with Crippen LogP contribution in [0.3, 0.4) is 0 Å². The molecule has 1 amide bonds. The van der Waals surface area contributed by atoms with Crippen molar-refractivity contribution in [3.8, 4) is 5.75 Å². The Labute approximate surface area is 126 Å². The first-order valence-electron chi connectivity index (χ1n) is 7.41. The van der Waals surface area contributed by atoms with Crippen molar-refractivity contribution >= 4 is 5.91 Å². The van der Waals surface area contributed by atoms with Crippen LogP contribution in [0.1, 0.15) is 32.8 Å². The third-order valence-corrected chi connectivity index (χ3v) is 2.98. The third kappa shape index (κ3) is 7.09. The number of halogens is 1. The molecule has 0 heterocycles. The molecule has 0 bridgehead atoms. The van der Waals surface area contributed by atoms with Gasteiger partial charge in [-0.05, 0) is 36.6 Å². The van der Waals surface area contributed by atoms with E-state index in [2.05, 4.69) is 24.5 Å². The standard InChI is InChI=1S/C16H25FN2O2/c1-4-18-10-13-5-6-15(14(17)9-13)21-11-16(20)19-8-7-12(2)3/h5-6,9,12,18H,4,7-8,10-11H2,1-3H3,(H,19,20). The molecule has 0 aromatic heterocycles. The van der Waals surface area contributed by atoms with Crippen LogP contribution in [-0.2, 0) is 11.3 Å². The van der Waals surface area contributed by atoms with E-state index in [-0.39, 0.29) is 18.3 Å². The van der Waals surface area contributed by atoms with Gasteiger partial charge in [0.1, 0.15) is 0 Å². The van der Waals surface area contributed by atoms with E-state index in [4.69, 9.17) is 4.74 Å². The Morgan fingerprint density at radius 1 is 1.38 bits per heavy atom. The van der Waals surface area contributed by atoms with E-state index in [1.54, 1.807) is 12.1 Å². The van der Waals surface area contributed by atoms with Crippen LogP contribution in [0.5, 0.6) is 5.75 Å². The van der Waals surface area contributed by atoms with Crippen LogP contribution in [0.15, 0.2) is 18.2 Å². The summed E-state index contributed by atoms with van der Waals surface area (Å²) in [5.41, 5.74) is 0.850. The zero-order valence-electron chi connectivity index (χ0n) is 13.0. The average molecular weight is 296 g/mol. The van der Waals surface area contributed by atoms with Crippen LogP contribution in [0.25, 0.3) is 0 Å². The van der Waals surface area contributed by atoms with Crippen molar-refractivity contribution in [1.82, 2.24) is 10.6 Å². The first kappa shape index (κ1) is 17.4. The van der Waals surface area contributed by atoms with E-state index in [9.17, 15) is 9.18 Å². The molecule has 0 saturated carbocycles. The van der Waals surface area contributed by atoms with Gasteiger partial charge in [-0.15, -0.1) is 0 Å². The maximum atomic E-state index is 13.8. The molecule has 0 unspecified atom stereocenters. The Morgan fingerprint density at radius 2 is 2.14 bits per heavy atom. The highest BCUT2D eigenvalue weighted by atomic mass is 19.1. The molecule has 4 nitrogen and oxygen atoms in total. The minimum Gasteiger partial charge on any atom is -0.481 e. The largest absolute Gasteiger partial charge is 0.481 e. The van der Waals surface area contributed by atoms with Crippen LogP contribution in [0.4, 0.5) is 4.39 Å². The monoisotopic (exact) mass is 296 g/mol. The number of rotatable bonds is 9. The van der Waals surface area contributed by atoms with Crippen molar-refractivity contribution in [2.45, 2.75) is 33.7 Å². The van der Waals surface area contributed by atoms with E-state index in [0.717, 1.165) is 18.5 Å². The second kappa shape index (κ2) is 9.34. The van der Waals surface area contributed by atoms with Gasteiger partial charge in [0.15, 0.2) is 18.2 Å². The zero-order chi connectivity index (χ0) is 15.7. The second-order valence-electron chi connectivity index (χ2n) is 5.37. The Bertz CT molecular complexity index is 450. The van der Waals surface area contributed by atoms with Crippen molar-refractivity contribution < 1.29 is 13.9 Å². The Hall–Kier alpha value is -1.62. The highest BCUT2D eigenvalue weighted by Crippen LogP contribution is 2.18. The molecule has 0 atom stereocenters. The molecule has 0 spiro atoms. The predicted molar refractivity (Wildman–Crippen MR) is 81.7 cm³/mol. The molecule has 0 aliphatic carbocycles.